The molecule has 4 aromatic carbocycles. The third-order valence-corrected chi connectivity index (χ3v) is 8.05. The van der Waals surface area contributed by atoms with Crippen LogP contribution in [-0.2, 0) is 16.1 Å². The topological polar surface area (TPSA) is 108 Å². The second-order valence-electron chi connectivity index (χ2n) is 11.4. The van der Waals surface area contributed by atoms with Crippen molar-refractivity contribution in [3.05, 3.63) is 131 Å². The van der Waals surface area contributed by atoms with Crippen molar-refractivity contribution in [1.29, 1.82) is 0 Å². The smallest absolute Gasteiger partial charge is 0.475 e. The van der Waals surface area contributed by atoms with E-state index in [1.807, 2.05) is 60.7 Å². The minimum Gasteiger partial charge on any atom is -0.475 e. The van der Waals surface area contributed by atoms with Crippen LogP contribution in [0.25, 0.3) is 11.1 Å². The number of nitrogens with one attached hydrogen (secondary N) is 3. The lowest BCUT2D eigenvalue weighted by molar-refractivity contribution is -0.192. The first-order chi connectivity index (χ1) is 23.0. The molecule has 1 aliphatic rings. The maximum Gasteiger partial charge on any atom is 0.490 e. The number of aliphatic carboxylic acids is 1. The van der Waals surface area contributed by atoms with Gasteiger partial charge in [0.25, 0.3) is 5.91 Å². The first-order valence-electron chi connectivity index (χ1n) is 15.6. The molecule has 0 aromatic heterocycles. The van der Waals surface area contributed by atoms with Crippen molar-refractivity contribution in [1.82, 2.24) is 16.0 Å². The van der Waals surface area contributed by atoms with Gasteiger partial charge in [0, 0.05) is 29.1 Å². The maximum absolute atomic E-state index is 13.2. The van der Waals surface area contributed by atoms with Crippen molar-refractivity contribution in [2.24, 2.45) is 0 Å². The van der Waals surface area contributed by atoms with Gasteiger partial charge in [-0.05, 0) is 78.7 Å². The molecule has 5 rings (SSSR count). The van der Waals surface area contributed by atoms with Crippen molar-refractivity contribution in [3.63, 3.8) is 0 Å². The minimum absolute atomic E-state index is 0.196. The first kappa shape index (κ1) is 36.2. The SMILES string of the molecule is O=C(N[C@@H](CCCCN[C@@H]1C[C@H]1c1ccccc1)C(=O)NCc1cccc(Cl)c1)c1ccc(-c2ccccc2)cc1.O=C(O)C(F)(F)F. The van der Waals surface area contributed by atoms with Crippen molar-refractivity contribution < 1.29 is 32.7 Å². The molecule has 0 saturated heterocycles. The lowest BCUT2D eigenvalue weighted by Gasteiger charge is -2.19. The molecule has 3 atom stereocenters. The van der Waals surface area contributed by atoms with Gasteiger partial charge in [0.15, 0.2) is 0 Å². The zero-order chi connectivity index (χ0) is 34.5. The zero-order valence-corrected chi connectivity index (χ0v) is 26.8. The molecule has 0 unspecified atom stereocenters. The van der Waals surface area contributed by atoms with Crippen LogP contribution in [0.3, 0.4) is 0 Å². The molecular weight excluding hydrogens is 643 g/mol. The Kier molecular flexibility index (Phi) is 13.2. The summed E-state index contributed by atoms with van der Waals surface area (Å²) in [5, 5.41) is 17.4. The van der Waals surface area contributed by atoms with Gasteiger partial charge < -0.3 is 21.1 Å². The van der Waals surface area contributed by atoms with Crippen LogP contribution in [0.5, 0.6) is 0 Å². The molecule has 0 bridgehead atoms. The number of carboxylic acid groups (broad SMARTS) is 1. The van der Waals surface area contributed by atoms with E-state index in [1.54, 1.807) is 18.2 Å². The second kappa shape index (κ2) is 17.5. The van der Waals surface area contributed by atoms with Crippen molar-refractivity contribution in [3.8, 4) is 11.1 Å². The average Bonchev–Trinajstić information content (AvgIpc) is 3.87. The number of halogens is 4. The number of carbonyl (C=O) groups is 3. The minimum atomic E-state index is -5.08. The molecule has 1 fully saturated rings. The summed E-state index contributed by atoms with van der Waals surface area (Å²) >= 11 is 6.10. The highest BCUT2D eigenvalue weighted by molar-refractivity contribution is 6.30. The van der Waals surface area contributed by atoms with E-state index in [0.29, 0.717) is 35.5 Å². The van der Waals surface area contributed by atoms with Crippen molar-refractivity contribution >= 4 is 29.4 Å². The van der Waals surface area contributed by atoms with Gasteiger partial charge in [-0.1, -0.05) is 96.5 Å². The summed E-state index contributed by atoms with van der Waals surface area (Å²) in [5.41, 5.74) is 4.96. The third-order valence-electron chi connectivity index (χ3n) is 7.82. The van der Waals surface area contributed by atoms with Gasteiger partial charge >= 0.3 is 12.1 Å². The molecule has 1 aliphatic carbocycles. The molecule has 1 saturated carbocycles. The molecular formula is C37H37ClF3N3O4. The maximum atomic E-state index is 13.2. The van der Waals surface area contributed by atoms with Gasteiger partial charge in [0.05, 0.1) is 0 Å². The van der Waals surface area contributed by atoms with Gasteiger partial charge in [0.2, 0.25) is 5.91 Å². The lowest BCUT2D eigenvalue weighted by Crippen LogP contribution is -2.46. The van der Waals surface area contributed by atoms with Gasteiger partial charge in [-0.15, -0.1) is 0 Å². The summed E-state index contributed by atoms with van der Waals surface area (Å²) in [6.45, 7) is 1.24. The Morgan fingerprint density at radius 2 is 1.46 bits per heavy atom. The van der Waals surface area contributed by atoms with E-state index in [-0.39, 0.29) is 11.8 Å². The van der Waals surface area contributed by atoms with Gasteiger partial charge in [-0.3, -0.25) is 9.59 Å². The number of alkyl halides is 3. The molecule has 4 N–H and O–H groups in total. The molecule has 0 radical (unpaired) electrons. The zero-order valence-electron chi connectivity index (χ0n) is 26.1. The second-order valence-corrected chi connectivity index (χ2v) is 11.9. The van der Waals surface area contributed by atoms with E-state index in [0.717, 1.165) is 42.5 Å². The molecule has 0 aliphatic heterocycles. The van der Waals surface area contributed by atoms with Crippen LogP contribution < -0.4 is 16.0 Å². The standard InChI is InChI=1S/C35H36ClN3O2.C2HF3O2/c36-30-15-9-10-25(22-30)24-38-35(41)32(16-7-8-21-37-33-23-31(33)28-13-5-2-6-14-28)39-34(40)29-19-17-27(18-20-29)26-11-3-1-4-12-26;3-2(4,5)1(6)7/h1-6,9-15,17-20,22,31-33,37H,7-8,16,21,23-24H2,(H,38,41)(H,39,40);(H,6,7)/t31-,32-,33+;/m0./s1. The van der Waals surface area contributed by atoms with E-state index in [4.69, 9.17) is 21.5 Å². The van der Waals surface area contributed by atoms with Gasteiger partial charge in [-0.2, -0.15) is 13.2 Å². The largest absolute Gasteiger partial charge is 0.490 e. The monoisotopic (exact) mass is 679 g/mol. The first-order valence-corrected chi connectivity index (χ1v) is 16.0. The van der Waals surface area contributed by atoms with E-state index >= 15 is 0 Å². The summed E-state index contributed by atoms with van der Waals surface area (Å²) in [6, 6.07) is 35.4. The number of benzene rings is 4. The van der Waals surface area contributed by atoms with Crippen molar-refractivity contribution in [2.45, 2.75) is 56.4 Å². The van der Waals surface area contributed by atoms with E-state index in [9.17, 15) is 22.8 Å². The highest BCUT2D eigenvalue weighted by Crippen LogP contribution is 2.40. The lowest BCUT2D eigenvalue weighted by atomic mass is 10.0. The summed E-state index contributed by atoms with van der Waals surface area (Å²) in [5.74, 6) is -2.62. The van der Waals surface area contributed by atoms with Crippen LogP contribution in [0.1, 0.15) is 53.1 Å². The Hall–Kier alpha value is -4.67. The fourth-order valence-electron chi connectivity index (χ4n) is 5.16. The van der Waals surface area contributed by atoms with Crippen molar-refractivity contribution in [2.75, 3.05) is 6.54 Å². The van der Waals surface area contributed by atoms with Gasteiger partial charge in [-0.25, -0.2) is 4.79 Å². The summed E-state index contributed by atoms with van der Waals surface area (Å²) < 4.78 is 31.7. The molecule has 252 valence electrons. The predicted octanol–water partition coefficient (Wildman–Crippen LogP) is 7.37. The molecule has 11 heteroatoms. The van der Waals surface area contributed by atoms with Crippen LogP contribution in [0.15, 0.2) is 109 Å². The molecule has 0 heterocycles. The van der Waals surface area contributed by atoms with Gasteiger partial charge in [0.1, 0.15) is 6.04 Å². The van der Waals surface area contributed by atoms with E-state index in [2.05, 4.69) is 46.3 Å². The summed E-state index contributed by atoms with van der Waals surface area (Å²) in [4.78, 5) is 35.3. The number of hydrogen-bond acceptors (Lipinski definition) is 4. The number of rotatable bonds is 13. The Morgan fingerprint density at radius 3 is 2.08 bits per heavy atom. The number of carbonyl (C=O) groups excluding carboxylic acids is 2. The number of unbranched alkanes of at least 4 members (excludes halogenated alkanes) is 1. The van der Waals surface area contributed by atoms with E-state index in [1.165, 1.54) is 5.56 Å². The third kappa shape index (κ3) is 11.5. The molecule has 7 nitrogen and oxygen atoms in total. The van der Waals surface area contributed by atoms with Crippen LogP contribution in [0.2, 0.25) is 5.02 Å². The Morgan fingerprint density at radius 1 is 0.833 bits per heavy atom. The Balaban J connectivity index is 0.000000671. The molecule has 0 spiro atoms. The van der Waals surface area contributed by atoms with Crippen LogP contribution in [-0.4, -0.2) is 47.7 Å². The molecule has 2 amide bonds. The van der Waals surface area contributed by atoms with Crippen LogP contribution in [0, 0.1) is 0 Å². The number of hydrogen-bond donors (Lipinski definition) is 4. The summed E-state index contributed by atoms with van der Waals surface area (Å²) in [6.07, 6.45) is -1.61. The Labute approximate surface area is 282 Å². The molecule has 48 heavy (non-hydrogen) atoms. The fourth-order valence-corrected chi connectivity index (χ4v) is 5.38. The average molecular weight is 680 g/mol. The number of amides is 2. The highest BCUT2D eigenvalue weighted by Gasteiger charge is 2.38. The fraction of sp³-hybridized carbons (Fsp3) is 0.270. The quantitative estimate of drug-likeness (QED) is 0.110. The summed E-state index contributed by atoms with van der Waals surface area (Å²) in [7, 11) is 0. The Bertz CT molecular complexity index is 1640. The number of carboxylic acids is 1. The normalized spacial score (nSPS) is 15.8. The van der Waals surface area contributed by atoms with Crippen LogP contribution >= 0.6 is 11.6 Å². The molecule has 4 aromatic rings. The van der Waals surface area contributed by atoms with E-state index < -0.39 is 18.2 Å². The predicted molar refractivity (Wildman–Crippen MR) is 180 cm³/mol. The van der Waals surface area contributed by atoms with Crippen LogP contribution in [0.4, 0.5) is 13.2 Å². The highest BCUT2D eigenvalue weighted by atomic mass is 35.5.